The molecular formula is C15H19N3O. The number of piperidine rings is 1. The Labute approximate surface area is 114 Å². The minimum atomic E-state index is 0.0349. The molecule has 0 spiro atoms. The van der Waals surface area contributed by atoms with Gasteiger partial charge in [0.1, 0.15) is 0 Å². The number of hydrogen-bond acceptors (Lipinski definition) is 3. The first-order chi connectivity index (χ1) is 9.29. The Bertz CT molecular complexity index is 452. The van der Waals surface area contributed by atoms with E-state index in [1.807, 2.05) is 30.3 Å². The van der Waals surface area contributed by atoms with Crippen molar-refractivity contribution in [3.8, 4) is 6.07 Å². The summed E-state index contributed by atoms with van der Waals surface area (Å²) in [5.41, 5.74) is 0.849. The van der Waals surface area contributed by atoms with Crippen molar-refractivity contribution in [1.29, 1.82) is 5.26 Å². The van der Waals surface area contributed by atoms with Crippen LogP contribution in [0.4, 0.5) is 5.69 Å². The number of amides is 1. The van der Waals surface area contributed by atoms with Crippen molar-refractivity contribution in [1.82, 2.24) is 4.90 Å². The maximum atomic E-state index is 12.2. The first kappa shape index (κ1) is 13.6. The molecule has 1 amide bonds. The van der Waals surface area contributed by atoms with Crippen LogP contribution in [0.3, 0.4) is 0 Å². The maximum Gasteiger partial charge on any atom is 0.228 e. The van der Waals surface area contributed by atoms with E-state index < -0.39 is 0 Å². The SMILES string of the molecule is N#CCCN1CCCC(C(=O)Nc2ccccc2)C1. The van der Waals surface area contributed by atoms with Crippen molar-refractivity contribution in [2.75, 3.05) is 25.0 Å². The molecule has 1 aromatic carbocycles. The molecule has 1 saturated heterocycles. The molecule has 0 aromatic heterocycles. The highest BCUT2D eigenvalue weighted by molar-refractivity contribution is 5.92. The highest BCUT2D eigenvalue weighted by Gasteiger charge is 2.25. The van der Waals surface area contributed by atoms with Crippen LogP contribution in [0.25, 0.3) is 0 Å². The molecule has 1 fully saturated rings. The van der Waals surface area contributed by atoms with Crippen LogP contribution in [0.15, 0.2) is 30.3 Å². The van der Waals surface area contributed by atoms with Crippen molar-refractivity contribution >= 4 is 11.6 Å². The largest absolute Gasteiger partial charge is 0.326 e. The van der Waals surface area contributed by atoms with E-state index in [-0.39, 0.29) is 11.8 Å². The van der Waals surface area contributed by atoms with Gasteiger partial charge in [-0.1, -0.05) is 18.2 Å². The average Bonchev–Trinajstić information content (AvgIpc) is 2.46. The Morgan fingerprint density at radius 3 is 2.95 bits per heavy atom. The second-order valence-electron chi connectivity index (χ2n) is 4.90. The van der Waals surface area contributed by atoms with E-state index in [0.717, 1.165) is 38.2 Å². The summed E-state index contributed by atoms with van der Waals surface area (Å²) in [7, 11) is 0. The molecule has 2 rings (SSSR count). The molecule has 100 valence electrons. The molecule has 4 heteroatoms. The van der Waals surface area contributed by atoms with Crippen LogP contribution in [0, 0.1) is 17.2 Å². The van der Waals surface area contributed by atoms with Crippen molar-refractivity contribution < 1.29 is 4.79 Å². The average molecular weight is 257 g/mol. The molecule has 1 aliphatic heterocycles. The second-order valence-corrected chi connectivity index (χ2v) is 4.90. The third-order valence-corrected chi connectivity index (χ3v) is 3.46. The zero-order valence-electron chi connectivity index (χ0n) is 11.0. The van der Waals surface area contributed by atoms with Gasteiger partial charge in [0.2, 0.25) is 5.91 Å². The molecule has 1 heterocycles. The summed E-state index contributed by atoms with van der Waals surface area (Å²) in [6.07, 6.45) is 2.49. The first-order valence-corrected chi connectivity index (χ1v) is 6.75. The van der Waals surface area contributed by atoms with Crippen LogP contribution in [0.2, 0.25) is 0 Å². The number of nitrogens with zero attached hydrogens (tertiary/aromatic N) is 2. The number of nitrogens with one attached hydrogen (secondary N) is 1. The third kappa shape index (κ3) is 4.08. The van der Waals surface area contributed by atoms with E-state index in [9.17, 15) is 4.79 Å². The number of carbonyl (C=O) groups is 1. The van der Waals surface area contributed by atoms with E-state index in [1.54, 1.807) is 0 Å². The minimum Gasteiger partial charge on any atom is -0.326 e. The maximum absolute atomic E-state index is 12.2. The minimum absolute atomic E-state index is 0.0349. The molecule has 1 unspecified atom stereocenters. The monoisotopic (exact) mass is 257 g/mol. The molecular weight excluding hydrogens is 238 g/mol. The Kier molecular flexibility index (Phi) is 4.93. The predicted molar refractivity (Wildman–Crippen MR) is 74.5 cm³/mol. The summed E-state index contributed by atoms with van der Waals surface area (Å²) < 4.78 is 0. The van der Waals surface area contributed by atoms with Gasteiger partial charge in [-0.3, -0.25) is 4.79 Å². The fourth-order valence-electron chi connectivity index (χ4n) is 2.45. The summed E-state index contributed by atoms with van der Waals surface area (Å²) in [5.74, 6) is 0.125. The van der Waals surface area contributed by atoms with Gasteiger partial charge in [-0.15, -0.1) is 0 Å². The lowest BCUT2D eigenvalue weighted by Gasteiger charge is -2.31. The van der Waals surface area contributed by atoms with Crippen molar-refractivity contribution in [3.05, 3.63) is 30.3 Å². The van der Waals surface area contributed by atoms with Crippen molar-refractivity contribution in [2.45, 2.75) is 19.3 Å². The quantitative estimate of drug-likeness (QED) is 0.900. The van der Waals surface area contributed by atoms with Gasteiger partial charge in [-0.25, -0.2) is 0 Å². The third-order valence-electron chi connectivity index (χ3n) is 3.46. The van der Waals surface area contributed by atoms with Crippen LogP contribution >= 0.6 is 0 Å². The number of anilines is 1. The molecule has 1 N–H and O–H groups in total. The predicted octanol–water partition coefficient (Wildman–Crippen LogP) is 2.25. The molecule has 1 atom stereocenters. The van der Waals surface area contributed by atoms with Gasteiger partial charge in [0.05, 0.1) is 12.0 Å². The lowest BCUT2D eigenvalue weighted by molar-refractivity contribution is -0.121. The normalized spacial score (nSPS) is 19.6. The zero-order chi connectivity index (χ0) is 13.5. The number of rotatable bonds is 4. The molecule has 0 aliphatic carbocycles. The Morgan fingerprint density at radius 2 is 2.21 bits per heavy atom. The number of para-hydroxylation sites is 1. The molecule has 0 radical (unpaired) electrons. The van der Waals surface area contributed by atoms with Gasteiger partial charge >= 0.3 is 0 Å². The smallest absolute Gasteiger partial charge is 0.228 e. The summed E-state index contributed by atoms with van der Waals surface area (Å²) in [5, 5.41) is 11.6. The van der Waals surface area contributed by atoms with Gasteiger partial charge < -0.3 is 10.2 Å². The highest BCUT2D eigenvalue weighted by atomic mass is 16.1. The van der Waals surface area contributed by atoms with Gasteiger partial charge in [-0.2, -0.15) is 5.26 Å². The van der Waals surface area contributed by atoms with Crippen LogP contribution in [0.5, 0.6) is 0 Å². The summed E-state index contributed by atoms with van der Waals surface area (Å²) in [6.45, 7) is 2.53. The summed E-state index contributed by atoms with van der Waals surface area (Å²) in [4.78, 5) is 14.4. The first-order valence-electron chi connectivity index (χ1n) is 6.75. The number of likely N-dealkylation sites (tertiary alicyclic amines) is 1. The van der Waals surface area contributed by atoms with E-state index >= 15 is 0 Å². The van der Waals surface area contributed by atoms with Crippen molar-refractivity contribution in [3.63, 3.8) is 0 Å². The molecule has 1 aromatic rings. The molecule has 0 bridgehead atoms. The van der Waals surface area contributed by atoms with Gasteiger partial charge in [0.15, 0.2) is 0 Å². The Balaban J connectivity index is 1.87. The van der Waals surface area contributed by atoms with Crippen LogP contribution < -0.4 is 5.32 Å². The van der Waals surface area contributed by atoms with Crippen LogP contribution in [-0.2, 0) is 4.79 Å². The second kappa shape index (κ2) is 6.91. The summed E-state index contributed by atoms with van der Waals surface area (Å²) >= 11 is 0. The fraction of sp³-hybridized carbons (Fsp3) is 0.467. The van der Waals surface area contributed by atoms with E-state index in [4.69, 9.17) is 5.26 Å². The standard InChI is InChI=1S/C15H19N3O/c16-9-5-11-18-10-4-6-13(12-18)15(19)17-14-7-2-1-3-8-14/h1-3,7-8,13H,4-6,10-12H2,(H,17,19). The van der Waals surface area contributed by atoms with E-state index in [2.05, 4.69) is 16.3 Å². The van der Waals surface area contributed by atoms with Gasteiger partial charge in [-0.05, 0) is 31.5 Å². The molecule has 0 saturated carbocycles. The fourth-order valence-corrected chi connectivity index (χ4v) is 2.45. The van der Waals surface area contributed by atoms with Crippen LogP contribution in [0.1, 0.15) is 19.3 Å². The van der Waals surface area contributed by atoms with E-state index in [0.29, 0.717) is 6.42 Å². The molecule has 4 nitrogen and oxygen atoms in total. The van der Waals surface area contributed by atoms with Crippen molar-refractivity contribution in [2.24, 2.45) is 5.92 Å². The highest BCUT2D eigenvalue weighted by Crippen LogP contribution is 2.18. The van der Waals surface area contributed by atoms with Gasteiger partial charge in [0.25, 0.3) is 0 Å². The van der Waals surface area contributed by atoms with E-state index in [1.165, 1.54) is 0 Å². The lowest BCUT2D eigenvalue weighted by atomic mass is 9.97. The molecule has 19 heavy (non-hydrogen) atoms. The Hall–Kier alpha value is -1.86. The van der Waals surface area contributed by atoms with Crippen LogP contribution in [-0.4, -0.2) is 30.4 Å². The zero-order valence-corrected chi connectivity index (χ0v) is 11.0. The molecule has 1 aliphatic rings. The number of hydrogen-bond donors (Lipinski definition) is 1. The lowest BCUT2D eigenvalue weighted by Crippen LogP contribution is -2.41. The number of nitriles is 1. The number of benzene rings is 1. The van der Waals surface area contributed by atoms with Gasteiger partial charge in [0, 0.05) is 25.2 Å². The number of carbonyl (C=O) groups excluding carboxylic acids is 1. The summed E-state index contributed by atoms with van der Waals surface area (Å²) in [6, 6.07) is 11.7. The Morgan fingerprint density at radius 1 is 1.42 bits per heavy atom. The topological polar surface area (TPSA) is 56.1 Å².